The van der Waals surface area contributed by atoms with E-state index in [2.05, 4.69) is 23.6 Å². The van der Waals surface area contributed by atoms with E-state index in [0.717, 1.165) is 13.1 Å². The lowest BCUT2D eigenvalue weighted by atomic mass is 10.2. The zero-order valence-electron chi connectivity index (χ0n) is 9.58. The topological polar surface area (TPSA) is 26.7 Å². The van der Waals surface area contributed by atoms with Gasteiger partial charge in [-0.05, 0) is 32.4 Å². The van der Waals surface area contributed by atoms with Crippen molar-refractivity contribution >= 4 is 0 Å². The number of rotatable bonds is 6. The molecule has 0 aromatic heterocycles. The van der Waals surface area contributed by atoms with Crippen LogP contribution in [0, 0.1) is 0 Å². The SMILES string of the molecule is CCCN(CCC)C1CCN(CO)C1. The highest BCUT2D eigenvalue weighted by Gasteiger charge is 2.25. The van der Waals surface area contributed by atoms with Crippen LogP contribution in [0.3, 0.4) is 0 Å². The number of aliphatic hydroxyl groups excluding tert-OH is 1. The Balaban J connectivity index is 2.36. The largest absolute Gasteiger partial charge is 0.381 e. The number of aliphatic hydroxyl groups is 1. The van der Waals surface area contributed by atoms with Gasteiger partial charge in [0.25, 0.3) is 0 Å². The van der Waals surface area contributed by atoms with Gasteiger partial charge >= 0.3 is 0 Å². The van der Waals surface area contributed by atoms with Crippen molar-refractivity contribution in [2.45, 2.75) is 39.2 Å². The van der Waals surface area contributed by atoms with Crippen LogP contribution in [0.15, 0.2) is 0 Å². The Morgan fingerprint density at radius 2 is 1.93 bits per heavy atom. The van der Waals surface area contributed by atoms with Gasteiger partial charge < -0.3 is 5.11 Å². The lowest BCUT2D eigenvalue weighted by Crippen LogP contribution is -2.38. The lowest BCUT2D eigenvalue weighted by molar-refractivity contribution is 0.116. The summed E-state index contributed by atoms with van der Waals surface area (Å²) in [6.45, 7) is 9.22. The summed E-state index contributed by atoms with van der Waals surface area (Å²) in [4.78, 5) is 4.71. The van der Waals surface area contributed by atoms with Gasteiger partial charge in [0.15, 0.2) is 0 Å². The minimum Gasteiger partial charge on any atom is -0.381 e. The fourth-order valence-corrected chi connectivity index (χ4v) is 2.29. The van der Waals surface area contributed by atoms with E-state index in [1.165, 1.54) is 32.4 Å². The molecule has 84 valence electrons. The summed E-state index contributed by atoms with van der Waals surface area (Å²) in [6, 6.07) is 0.682. The molecule has 1 aliphatic heterocycles. The maximum atomic E-state index is 9.03. The van der Waals surface area contributed by atoms with Crippen molar-refractivity contribution in [2.24, 2.45) is 0 Å². The second-order valence-electron chi connectivity index (χ2n) is 4.20. The van der Waals surface area contributed by atoms with Crippen LogP contribution >= 0.6 is 0 Å². The van der Waals surface area contributed by atoms with Gasteiger partial charge in [-0.3, -0.25) is 9.80 Å². The molecule has 0 bridgehead atoms. The first kappa shape index (κ1) is 12.0. The van der Waals surface area contributed by atoms with Gasteiger partial charge in [0, 0.05) is 19.1 Å². The van der Waals surface area contributed by atoms with Crippen LogP contribution in [-0.2, 0) is 0 Å². The minimum atomic E-state index is 0.225. The molecule has 1 N–H and O–H groups in total. The number of hydrogen-bond acceptors (Lipinski definition) is 3. The second kappa shape index (κ2) is 6.38. The molecule has 0 saturated carbocycles. The molecular formula is C11H24N2O. The quantitative estimate of drug-likeness (QED) is 0.696. The predicted molar refractivity (Wildman–Crippen MR) is 59.2 cm³/mol. The van der Waals surface area contributed by atoms with Crippen LogP contribution < -0.4 is 0 Å². The molecular weight excluding hydrogens is 176 g/mol. The van der Waals surface area contributed by atoms with E-state index in [0.29, 0.717) is 6.04 Å². The molecule has 14 heavy (non-hydrogen) atoms. The third kappa shape index (κ3) is 3.23. The normalized spacial score (nSPS) is 23.6. The van der Waals surface area contributed by atoms with Crippen molar-refractivity contribution in [1.29, 1.82) is 0 Å². The number of nitrogens with zero attached hydrogens (tertiary/aromatic N) is 2. The Hall–Kier alpha value is -0.120. The summed E-state index contributed by atoms with van der Waals surface area (Å²) in [6.07, 6.45) is 3.69. The lowest BCUT2D eigenvalue weighted by Gasteiger charge is -2.28. The van der Waals surface area contributed by atoms with Crippen LogP contribution in [0.1, 0.15) is 33.1 Å². The molecule has 3 nitrogen and oxygen atoms in total. The maximum Gasteiger partial charge on any atom is 0.0957 e. The molecule has 1 atom stereocenters. The van der Waals surface area contributed by atoms with Crippen LogP contribution in [0.5, 0.6) is 0 Å². The molecule has 0 aliphatic carbocycles. The van der Waals surface area contributed by atoms with Crippen molar-refractivity contribution in [3.05, 3.63) is 0 Å². The number of hydrogen-bond donors (Lipinski definition) is 1. The predicted octanol–water partition coefficient (Wildman–Crippen LogP) is 1.13. The van der Waals surface area contributed by atoms with Gasteiger partial charge in [-0.2, -0.15) is 0 Å². The smallest absolute Gasteiger partial charge is 0.0957 e. The van der Waals surface area contributed by atoms with Gasteiger partial charge in [0.1, 0.15) is 0 Å². The van der Waals surface area contributed by atoms with E-state index in [1.807, 2.05) is 0 Å². The molecule has 0 amide bonds. The zero-order valence-corrected chi connectivity index (χ0v) is 9.58. The zero-order chi connectivity index (χ0) is 10.4. The van der Waals surface area contributed by atoms with E-state index >= 15 is 0 Å². The Kier molecular flexibility index (Phi) is 5.45. The van der Waals surface area contributed by atoms with Gasteiger partial charge in [-0.25, -0.2) is 0 Å². The average Bonchev–Trinajstić information content (AvgIpc) is 2.65. The Morgan fingerprint density at radius 3 is 2.36 bits per heavy atom. The fourth-order valence-electron chi connectivity index (χ4n) is 2.29. The first-order valence-electron chi connectivity index (χ1n) is 5.89. The summed E-state index contributed by atoms with van der Waals surface area (Å²) < 4.78 is 0. The fraction of sp³-hybridized carbons (Fsp3) is 1.00. The van der Waals surface area contributed by atoms with E-state index in [9.17, 15) is 0 Å². The van der Waals surface area contributed by atoms with E-state index in [-0.39, 0.29) is 6.73 Å². The molecule has 1 rings (SSSR count). The summed E-state index contributed by atoms with van der Waals surface area (Å²) in [5, 5.41) is 9.03. The third-order valence-corrected chi connectivity index (χ3v) is 2.99. The second-order valence-corrected chi connectivity index (χ2v) is 4.20. The average molecular weight is 200 g/mol. The van der Waals surface area contributed by atoms with E-state index in [4.69, 9.17) is 5.11 Å². The van der Waals surface area contributed by atoms with Crippen molar-refractivity contribution in [3.8, 4) is 0 Å². The highest BCUT2D eigenvalue weighted by atomic mass is 16.3. The van der Waals surface area contributed by atoms with Crippen LogP contribution in [0.25, 0.3) is 0 Å². The Labute approximate surface area is 87.7 Å². The van der Waals surface area contributed by atoms with Gasteiger partial charge in [-0.15, -0.1) is 0 Å². The van der Waals surface area contributed by atoms with Gasteiger partial charge in [-0.1, -0.05) is 13.8 Å². The first-order chi connectivity index (χ1) is 6.81. The first-order valence-corrected chi connectivity index (χ1v) is 5.89. The molecule has 0 aromatic carbocycles. The molecule has 1 saturated heterocycles. The molecule has 0 spiro atoms. The molecule has 0 aromatic rings. The van der Waals surface area contributed by atoms with Gasteiger partial charge in [0.2, 0.25) is 0 Å². The highest BCUT2D eigenvalue weighted by molar-refractivity contribution is 4.81. The number of likely N-dealkylation sites (tertiary alicyclic amines) is 1. The van der Waals surface area contributed by atoms with Crippen molar-refractivity contribution in [2.75, 3.05) is 32.9 Å². The Bertz CT molecular complexity index is 146. The highest BCUT2D eigenvalue weighted by Crippen LogP contribution is 2.15. The van der Waals surface area contributed by atoms with Crippen LogP contribution in [-0.4, -0.2) is 53.9 Å². The van der Waals surface area contributed by atoms with Crippen molar-refractivity contribution < 1.29 is 5.11 Å². The minimum absolute atomic E-state index is 0.225. The summed E-state index contributed by atoms with van der Waals surface area (Å²) >= 11 is 0. The van der Waals surface area contributed by atoms with Gasteiger partial charge in [0.05, 0.1) is 6.73 Å². The third-order valence-electron chi connectivity index (χ3n) is 2.99. The molecule has 3 heteroatoms. The van der Waals surface area contributed by atoms with E-state index < -0.39 is 0 Å². The Morgan fingerprint density at radius 1 is 1.29 bits per heavy atom. The molecule has 1 fully saturated rings. The van der Waals surface area contributed by atoms with E-state index in [1.54, 1.807) is 0 Å². The maximum absolute atomic E-state index is 9.03. The molecule has 1 aliphatic rings. The summed E-state index contributed by atoms with van der Waals surface area (Å²) in [5.41, 5.74) is 0. The molecule has 0 radical (unpaired) electrons. The van der Waals surface area contributed by atoms with Crippen molar-refractivity contribution in [3.63, 3.8) is 0 Å². The molecule has 1 unspecified atom stereocenters. The standard InChI is InChI=1S/C11H24N2O/c1-3-6-13(7-4-2)11-5-8-12(9-11)10-14/h11,14H,3-10H2,1-2H3. The molecule has 1 heterocycles. The summed E-state index contributed by atoms with van der Waals surface area (Å²) in [5.74, 6) is 0. The van der Waals surface area contributed by atoms with Crippen molar-refractivity contribution in [1.82, 2.24) is 9.80 Å². The summed E-state index contributed by atoms with van der Waals surface area (Å²) in [7, 11) is 0. The monoisotopic (exact) mass is 200 g/mol. The van der Waals surface area contributed by atoms with Crippen LogP contribution in [0.4, 0.5) is 0 Å². The van der Waals surface area contributed by atoms with Crippen LogP contribution in [0.2, 0.25) is 0 Å².